The lowest BCUT2D eigenvalue weighted by molar-refractivity contribution is 0.0935. The van der Waals surface area contributed by atoms with Crippen LogP contribution in [0.5, 0.6) is 5.75 Å². The molecule has 1 saturated carbocycles. The summed E-state index contributed by atoms with van der Waals surface area (Å²) in [4.78, 5) is 29.9. The molecule has 0 atom stereocenters. The van der Waals surface area contributed by atoms with Crippen LogP contribution in [0.15, 0.2) is 24.3 Å². The number of nitrogens with one attached hydrogen (secondary N) is 2. The molecule has 1 aromatic heterocycles. The summed E-state index contributed by atoms with van der Waals surface area (Å²) in [5, 5.41) is 5.87. The number of amides is 2. The maximum atomic E-state index is 12.9. The first-order valence-corrected chi connectivity index (χ1v) is 9.60. The Hall–Kier alpha value is -2.83. The van der Waals surface area contributed by atoms with E-state index in [1.165, 1.54) is 0 Å². The van der Waals surface area contributed by atoms with Crippen molar-refractivity contribution < 1.29 is 14.3 Å². The molecule has 1 aliphatic carbocycles. The highest BCUT2D eigenvalue weighted by molar-refractivity contribution is 6.05. The molecule has 4 rings (SSSR count). The number of ether oxygens (including phenoxy) is 1. The predicted octanol–water partition coefficient (Wildman–Crippen LogP) is 2.76. The van der Waals surface area contributed by atoms with Gasteiger partial charge in [0.05, 0.1) is 18.0 Å². The van der Waals surface area contributed by atoms with Gasteiger partial charge in [-0.25, -0.2) is 4.98 Å². The summed E-state index contributed by atoms with van der Waals surface area (Å²) in [5.74, 6) is 0.473. The number of carbonyl (C=O) groups is 2. The van der Waals surface area contributed by atoms with Gasteiger partial charge in [-0.3, -0.25) is 9.59 Å². The number of hydrogen-bond acceptors (Lipinski definition) is 4. The Kier molecular flexibility index (Phi) is 4.83. The molecule has 7 nitrogen and oxygen atoms in total. The lowest BCUT2D eigenvalue weighted by atomic mass is 10.1. The molecule has 0 spiro atoms. The van der Waals surface area contributed by atoms with Crippen LogP contribution in [0, 0.1) is 0 Å². The van der Waals surface area contributed by atoms with Gasteiger partial charge < -0.3 is 19.9 Å². The van der Waals surface area contributed by atoms with Crippen LogP contribution in [0.4, 0.5) is 5.69 Å². The number of imidazole rings is 1. The fourth-order valence-electron chi connectivity index (χ4n) is 3.41. The van der Waals surface area contributed by atoms with Crippen LogP contribution < -0.4 is 15.4 Å². The van der Waals surface area contributed by atoms with E-state index in [9.17, 15) is 9.59 Å². The van der Waals surface area contributed by atoms with Crippen molar-refractivity contribution in [1.82, 2.24) is 14.9 Å². The molecule has 1 fully saturated rings. The van der Waals surface area contributed by atoms with Gasteiger partial charge >= 0.3 is 0 Å². The Morgan fingerprint density at radius 2 is 2.04 bits per heavy atom. The van der Waals surface area contributed by atoms with E-state index in [0.29, 0.717) is 29.6 Å². The van der Waals surface area contributed by atoms with E-state index in [1.807, 2.05) is 29.7 Å². The van der Waals surface area contributed by atoms with Crippen molar-refractivity contribution in [2.45, 2.75) is 51.6 Å². The molecule has 2 aromatic rings. The maximum Gasteiger partial charge on any atom is 0.287 e. The van der Waals surface area contributed by atoms with Crippen LogP contribution in [0.25, 0.3) is 0 Å². The second-order valence-corrected chi connectivity index (χ2v) is 6.97. The van der Waals surface area contributed by atoms with Crippen LogP contribution >= 0.6 is 0 Å². The number of rotatable bonds is 6. The van der Waals surface area contributed by atoms with E-state index in [-0.39, 0.29) is 17.9 Å². The molecule has 1 aromatic carbocycles. The topological polar surface area (TPSA) is 85.2 Å². The lowest BCUT2D eigenvalue weighted by Crippen LogP contribution is -2.29. The van der Waals surface area contributed by atoms with Crippen molar-refractivity contribution >= 4 is 17.5 Å². The van der Waals surface area contributed by atoms with Gasteiger partial charge in [0.15, 0.2) is 11.5 Å². The first-order chi connectivity index (χ1) is 13.2. The lowest BCUT2D eigenvalue weighted by Gasteiger charge is -2.17. The third kappa shape index (κ3) is 3.67. The molecule has 2 heterocycles. The van der Waals surface area contributed by atoms with Crippen molar-refractivity contribution in [2.75, 3.05) is 11.9 Å². The number of fused-ring (bicyclic) bond motifs is 1. The largest absolute Gasteiger partial charge is 0.492 e. The molecule has 0 saturated heterocycles. The minimum Gasteiger partial charge on any atom is -0.492 e. The van der Waals surface area contributed by atoms with Gasteiger partial charge in [-0.1, -0.05) is 12.1 Å². The van der Waals surface area contributed by atoms with Gasteiger partial charge in [-0.2, -0.15) is 0 Å². The molecular weight excluding hydrogens is 344 g/mol. The van der Waals surface area contributed by atoms with Crippen LogP contribution in [0.2, 0.25) is 0 Å². The summed E-state index contributed by atoms with van der Waals surface area (Å²) < 4.78 is 7.48. The van der Waals surface area contributed by atoms with Gasteiger partial charge in [0, 0.05) is 12.6 Å². The Morgan fingerprint density at radius 3 is 2.81 bits per heavy atom. The fourth-order valence-corrected chi connectivity index (χ4v) is 3.41. The maximum absolute atomic E-state index is 12.9. The summed E-state index contributed by atoms with van der Waals surface area (Å²) in [6.45, 7) is 3.13. The fraction of sp³-hybridized carbons (Fsp3) is 0.450. The Morgan fingerprint density at radius 1 is 1.22 bits per heavy atom. The van der Waals surface area contributed by atoms with Crippen molar-refractivity contribution in [3.05, 3.63) is 41.5 Å². The van der Waals surface area contributed by atoms with Gasteiger partial charge in [0.2, 0.25) is 0 Å². The summed E-state index contributed by atoms with van der Waals surface area (Å²) in [6, 6.07) is 7.57. The molecule has 0 radical (unpaired) electrons. The molecule has 27 heavy (non-hydrogen) atoms. The minimum absolute atomic E-state index is 0.186. The van der Waals surface area contributed by atoms with Crippen LogP contribution in [0.1, 0.15) is 59.4 Å². The summed E-state index contributed by atoms with van der Waals surface area (Å²) in [7, 11) is 0. The predicted molar refractivity (Wildman–Crippen MR) is 101 cm³/mol. The van der Waals surface area contributed by atoms with E-state index < -0.39 is 0 Å². The second kappa shape index (κ2) is 7.42. The summed E-state index contributed by atoms with van der Waals surface area (Å²) >= 11 is 0. The number of aromatic nitrogens is 2. The third-order valence-corrected chi connectivity index (χ3v) is 4.88. The average molecular weight is 368 g/mol. The Bertz CT molecular complexity index is 870. The highest BCUT2D eigenvalue weighted by Crippen LogP contribution is 2.27. The highest BCUT2D eigenvalue weighted by atomic mass is 16.5. The molecule has 0 bridgehead atoms. The first-order valence-electron chi connectivity index (χ1n) is 9.60. The van der Waals surface area contributed by atoms with Crippen LogP contribution in [0.3, 0.4) is 0 Å². The number of hydrogen-bond donors (Lipinski definition) is 2. The summed E-state index contributed by atoms with van der Waals surface area (Å²) in [6.07, 6.45) is 4.76. The first kappa shape index (κ1) is 17.6. The highest BCUT2D eigenvalue weighted by Gasteiger charge is 2.30. The zero-order valence-corrected chi connectivity index (χ0v) is 15.5. The molecule has 7 heteroatoms. The van der Waals surface area contributed by atoms with Crippen LogP contribution in [-0.2, 0) is 13.0 Å². The van der Waals surface area contributed by atoms with E-state index in [0.717, 1.165) is 44.3 Å². The van der Waals surface area contributed by atoms with E-state index in [2.05, 4.69) is 15.6 Å². The van der Waals surface area contributed by atoms with Crippen molar-refractivity contribution in [2.24, 2.45) is 0 Å². The third-order valence-electron chi connectivity index (χ3n) is 4.88. The van der Waals surface area contributed by atoms with Gasteiger partial charge in [-0.05, 0) is 51.2 Å². The zero-order valence-electron chi connectivity index (χ0n) is 15.5. The number of benzene rings is 1. The Labute approximate surface area is 158 Å². The van der Waals surface area contributed by atoms with Crippen LogP contribution in [-0.4, -0.2) is 34.0 Å². The molecule has 2 aliphatic rings. The normalized spacial score (nSPS) is 15.7. The van der Waals surface area contributed by atoms with Crippen molar-refractivity contribution in [1.29, 1.82) is 0 Å². The van der Waals surface area contributed by atoms with Crippen molar-refractivity contribution in [3.8, 4) is 5.75 Å². The Balaban J connectivity index is 1.62. The van der Waals surface area contributed by atoms with E-state index in [1.54, 1.807) is 6.07 Å². The monoisotopic (exact) mass is 368 g/mol. The van der Waals surface area contributed by atoms with E-state index in [4.69, 9.17) is 4.74 Å². The molecular formula is C20H24N4O3. The number of anilines is 1. The summed E-state index contributed by atoms with van der Waals surface area (Å²) in [5.41, 5.74) is 1.78. The quantitative estimate of drug-likeness (QED) is 0.821. The van der Waals surface area contributed by atoms with Gasteiger partial charge in [0.1, 0.15) is 5.75 Å². The van der Waals surface area contributed by atoms with E-state index >= 15 is 0 Å². The van der Waals surface area contributed by atoms with Gasteiger partial charge in [0.25, 0.3) is 11.8 Å². The molecule has 142 valence electrons. The standard InChI is InChI=1S/C20H24N4O3/c1-2-27-16-9-4-3-7-14(16)22-19(25)17-15-8-5-6-12-24(15)18(23-17)20(26)21-13-10-11-13/h3-4,7,9,13H,2,5-6,8,10-12H2,1H3,(H,21,26)(H,22,25). The molecule has 1 aliphatic heterocycles. The zero-order chi connectivity index (χ0) is 18.8. The molecule has 2 amide bonds. The second-order valence-electron chi connectivity index (χ2n) is 6.97. The molecule has 0 unspecified atom stereocenters. The number of nitrogens with zero attached hydrogens (tertiary/aromatic N) is 2. The van der Waals surface area contributed by atoms with Crippen molar-refractivity contribution in [3.63, 3.8) is 0 Å². The molecule has 2 N–H and O–H groups in total. The average Bonchev–Trinajstić information content (AvgIpc) is 3.40. The minimum atomic E-state index is -0.307. The smallest absolute Gasteiger partial charge is 0.287 e. The van der Waals surface area contributed by atoms with Gasteiger partial charge in [-0.15, -0.1) is 0 Å². The SMILES string of the molecule is CCOc1ccccc1NC(=O)c1nc(C(=O)NC2CC2)n2c1CCCC2. The number of carbonyl (C=O) groups excluding carboxylic acids is 2. The number of para-hydroxylation sites is 2.